The third-order valence-corrected chi connectivity index (χ3v) is 2.49. The lowest BCUT2D eigenvalue weighted by atomic mass is 10.2. The zero-order valence-corrected chi connectivity index (χ0v) is 10.9. The van der Waals surface area contributed by atoms with E-state index in [2.05, 4.69) is 30.8 Å². The van der Waals surface area contributed by atoms with Crippen LogP contribution in [0.1, 0.15) is 24.5 Å². The average Bonchev–Trinajstić information content (AvgIpc) is 2.47. The van der Waals surface area contributed by atoms with Gasteiger partial charge in [-0.3, -0.25) is 0 Å². The second kappa shape index (κ2) is 5.88. The lowest BCUT2D eigenvalue weighted by molar-refractivity contribution is 0.364. The van der Waals surface area contributed by atoms with Gasteiger partial charge in [-0.2, -0.15) is 5.26 Å². The molecule has 0 radical (unpaired) electrons. The number of rotatable bonds is 4. The molecule has 20 heavy (non-hydrogen) atoms. The highest BCUT2D eigenvalue weighted by atomic mass is 19.1. The summed E-state index contributed by atoms with van der Waals surface area (Å²) >= 11 is 0. The van der Waals surface area contributed by atoms with Gasteiger partial charge in [0.05, 0.1) is 18.1 Å². The molecule has 0 bridgehead atoms. The minimum absolute atomic E-state index is 0.221. The summed E-state index contributed by atoms with van der Waals surface area (Å²) in [5, 5.41) is 22.1. The molecule has 2 aromatic rings. The molecule has 0 amide bonds. The van der Waals surface area contributed by atoms with Crippen LogP contribution in [0.25, 0.3) is 0 Å². The van der Waals surface area contributed by atoms with Gasteiger partial charge in [0, 0.05) is 13.1 Å². The van der Waals surface area contributed by atoms with Gasteiger partial charge in [0.25, 0.3) is 0 Å². The molecule has 0 fully saturated rings. The molecule has 0 aliphatic heterocycles. The zero-order valence-electron chi connectivity index (χ0n) is 10.9. The quantitative estimate of drug-likeness (QED) is 0.878. The van der Waals surface area contributed by atoms with E-state index < -0.39 is 6.17 Å². The van der Waals surface area contributed by atoms with Crippen molar-refractivity contribution in [3.63, 3.8) is 0 Å². The summed E-state index contributed by atoms with van der Waals surface area (Å²) in [6, 6.07) is 3.50. The van der Waals surface area contributed by atoms with Gasteiger partial charge in [-0.1, -0.05) is 0 Å². The summed E-state index contributed by atoms with van der Waals surface area (Å²) in [4.78, 5) is 7.87. The number of anilines is 3. The highest BCUT2D eigenvalue weighted by Crippen LogP contribution is 2.24. The predicted octanol–water partition coefficient (Wildman–Crippen LogP) is 1.95. The van der Waals surface area contributed by atoms with Crippen LogP contribution in [-0.2, 0) is 0 Å². The molecule has 1 unspecified atom stereocenters. The van der Waals surface area contributed by atoms with Crippen molar-refractivity contribution in [3.8, 4) is 6.07 Å². The fourth-order valence-corrected chi connectivity index (χ4v) is 1.54. The van der Waals surface area contributed by atoms with E-state index in [1.54, 1.807) is 13.1 Å². The van der Waals surface area contributed by atoms with Crippen LogP contribution in [0.5, 0.6) is 0 Å². The van der Waals surface area contributed by atoms with Crippen LogP contribution in [0.15, 0.2) is 18.5 Å². The van der Waals surface area contributed by atoms with Crippen molar-refractivity contribution in [1.29, 1.82) is 5.26 Å². The number of hydrogen-bond acceptors (Lipinski definition) is 7. The Morgan fingerprint density at radius 3 is 2.60 bits per heavy atom. The Labute approximate surface area is 114 Å². The molecule has 0 aromatic carbocycles. The van der Waals surface area contributed by atoms with E-state index in [0.717, 1.165) is 0 Å². The molecule has 7 nitrogen and oxygen atoms in total. The first-order valence-corrected chi connectivity index (χ1v) is 5.82. The number of nitriles is 1. The van der Waals surface area contributed by atoms with E-state index in [4.69, 9.17) is 5.26 Å². The van der Waals surface area contributed by atoms with E-state index in [1.807, 2.05) is 6.07 Å². The Morgan fingerprint density at radius 1 is 1.25 bits per heavy atom. The first kappa shape index (κ1) is 13.6. The number of nitrogens with zero attached hydrogens (tertiary/aromatic N) is 5. The van der Waals surface area contributed by atoms with Crippen molar-refractivity contribution in [2.24, 2.45) is 0 Å². The minimum atomic E-state index is -1.21. The normalized spacial score (nSPS) is 11.5. The Bertz CT molecular complexity index is 633. The van der Waals surface area contributed by atoms with Crippen molar-refractivity contribution >= 4 is 17.3 Å². The van der Waals surface area contributed by atoms with Gasteiger partial charge in [-0.15, -0.1) is 10.2 Å². The summed E-state index contributed by atoms with van der Waals surface area (Å²) in [7, 11) is 1.67. The molecule has 2 N–H and O–H groups in total. The zero-order chi connectivity index (χ0) is 14.5. The van der Waals surface area contributed by atoms with Crippen LogP contribution < -0.4 is 10.6 Å². The number of nitrogens with one attached hydrogen (secondary N) is 2. The fourth-order valence-electron chi connectivity index (χ4n) is 1.54. The van der Waals surface area contributed by atoms with E-state index >= 15 is 0 Å². The van der Waals surface area contributed by atoms with Gasteiger partial charge in [-0.25, -0.2) is 14.4 Å². The van der Waals surface area contributed by atoms with Crippen LogP contribution in [0.3, 0.4) is 0 Å². The topological polar surface area (TPSA) is 99.4 Å². The molecule has 0 aliphatic rings. The maximum Gasteiger partial charge on any atom is 0.158 e. The third-order valence-electron chi connectivity index (χ3n) is 2.49. The number of aromatic nitrogens is 4. The molecule has 1 atom stereocenters. The van der Waals surface area contributed by atoms with Gasteiger partial charge in [0.1, 0.15) is 23.8 Å². The summed E-state index contributed by atoms with van der Waals surface area (Å²) in [5.41, 5.74) is 1.00. The van der Waals surface area contributed by atoms with Gasteiger partial charge < -0.3 is 10.6 Å². The molecule has 0 saturated heterocycles. The van der Waals surface area contributed by atoms with E-state index in [1.165, 1.54) is 19.3 Å². The molecular formula is C12H12FN7. The molecule has 0 spiro atoms. The Kier molecular flexibility index (Phi) is 4.00. The van der Waals surface area contributed by atoms with Gasteiger partial charge in [0.2, 0.25) is 0 Å². The van der Waals surface area contributed by atoms with Crippen molar-refractivity contribution in [2.75, 3.05) is 17.7 Å². The smallest absolute Gasteiger partial charge is 0.158 e. The van der Waals surface area contributed by atoms with Crippen molar-refractivity contribution in [3.05, 3.63) is 29.8 Å². The van der Waals surface area contributed by atoms with Crippen LogP contribution in [0.4, 0.5) is 21.7 Å². The highest BCUT2D eigenvalue weighted by Gasteiger charge is 2.12. The molecular weight excluding hydrogens is 261 g/mol. The monoisotopic (exact) mass is 273 g/mol. The summed E-state index contributed by atoms with van der Waals surface area (Å²) in [6.07, 6.45) is 1.53. The third kappa shape index (κ3) is 2.95. The second-order valence-electron chi connectivity index (χ2n) is 3.92. The first-order valence-electron chi connectivity index (χ1n) is 5.82. The molecule has 102 valence electrons. The number of halogens is 1. The van der Waals surface area contributed by atoms with Crippen LogP contribution >= 0.6 is 0 Å². The summed E-state index contributed by atoms with van der Waals surface area (Å²) in [6.45, 7) is 1.39. The first-order chi connectivity index (χ1) is 9.63. The van der Waals surface area contributed by atoms with Crippen molar-refractivity contribution in [1.82, 2.24) is 20.2 Å². The van der Waals surface area contributed by atoms with Gasteiger partial charge in [-0.05, 0) is 6.92 Å². The fraction of sp³-hybridized carbons (Fsp3) is 0.250. The number of alkyl halides is 1. The van der Waals surface area contributed by atoms with E-state index in [0.29, 0.717) is 17.3 Å². The van der Waals surface area contributed by atoms with Crippen LogP contribution in [0, 0.1) is 11.3 Å². The minimum Gasteiger partial charge on any atom is -0.386 e. The van der Waals surface area contributed by atoms with Gasteiger partial charge in [0.15, 0.2) is 11.5 Å². The van der Waals surface area contributed by atoms with Crippen molar-refractivity contribution < 1.29 is 4.39 Å². The Hall–Kier alpha value is -2.82. The molecule has 2 rings (SSSR count). The molecule has 2 heterocycles. The van der Waals surface area contributed by atoms with Crippen molar-refractivity contribution in [2.45, 2.75) is 13.1 Å². The Morgan fingerprint density at radius 2 is 2.05 bits per heavy atom. The molecule has 0 saturated carbocycles. The van der Waals surface area contributed by atoms with E-state index in [9.17, 15) is 4.39 Å². The maximum absolute atomic E-state index is 13.3. The Balaban J connectivity index is 2.23. The summed E-state index contributed by atoms with van der Waals surface area (Å²) < 4.78 is 13.3. The van der Waals surface area contributed by atoms with Gasteiger partial charge >= 0.3 is 0 Å². The van der Waals surface area contributed by atoms with Crippen LogP contribution in [-0.4, -0.2) is 27.2 Å². The summed E-state index contributed by atoms with van der Waals surface area (Å²) in [5.74, 6) is 0.819. The van der Waals surface area contributed by atoms with Crippen LogP contribution in [0.2, 0.25) is 0 Å². The average molecular weight is 273 g/mol. The lowest BCUT2D eigenvalue weighted by Crippen LogP contribution is -2.05. The number of hydrogen-bond donors (Lipinski definition) is 2. The lowest BCUT2D eigenvalue weighted by Gasteiger charge is -2.10. The highest BCUT2D eigenvalue weighted by molar-refractivity contribution is 5.59. The molecule has 0 aliphatic carbocycles. The second-order valence-corrected chi connectivity index (χ2v) is 3.92. The molecule has 2 aromatic heterocycles. The predicted molar refractivity (Wildman–Crippen MR) is 71.1 cm³/mol. The largest absolute Gasteiger partial charge is 0.386 e. The van der Waals surface area contributed by atoms with E-state index in [-0.39, 0.29) is 11.4 Å². The molecule has 8 heteroatoms. The maximum atomic E-state index is 13.3. The standard InChI is InChI=1S/C12H12FN7/c1-7(13)12-9(15-2)3-10(19-20-12)18-11-6-16-8(4-14)5-17-11/h3,5-7H,1-2H3,(H2,15,17,18,19). The SMILES string of the molecule is CNc1cc(Nc2cnc(C#N)cn2)nnc1C(C)F.